The third kappa shape index (κ3) is 3.02. The van der Waals surface area contributed by atoms with Gasteiger partial charge < -0.3 is 15.0 Å². The minimum absolute atomic E-state index is 0.0462. The van der Waals surface area contributed by atoms with Gasteiger partial charge in [-0.05, 0) is 39.5 Å². The molecular formula is C13H22N2O3. The van der Waals surface area contributed by atoms with Crippen LogP contribution >= 0.6 is 0 Å². The van der Waals surface area contributed by atoms with E-state index < -0.39 is 5.60 Å². The second-order valence-electron chi connectivity index (χ2n) is 5.77. The van der Waals surface area contributed by atoms with Crippen LogP contribution < -0.4 is 5.32 Å². The molecule has 0 radical (unpaired) electrons. The average Bonchev–Trinajstić information content (AvgIpc) is 3.06. The summed E-state index contributed by atoms with van der Waals surface area (Å²) in [5, 5.41) is 2.80. The zero-order chi connectivity index (χ0) is 13.3. The molecule has 1 N–H and O–H groups in total. The van der Waals surface area contributed by atoms with E-state index in [9.17, 15) is 9.59 Å². The number of carbonyl (C=O) groups excluding carboxylic acids is 2. The normalized spacial score (nSPS) is 25.3. The van der Waals surface area contributed by atoms with Gasteiger partial charge in [-0.3, -0.25) is 9.59 Å². The van der Waals surface area contributed by atoms with Crippen molar-refractivity contribution in [2.24, 2.45) is 5.92 Å². The van der Waals surface area contributed by atoms with E-state index in [1.165, 1.54) is 0 Å². The first-order valence-electron chi connectivity index (χ1n) is 6.65. The highest BCUT2D eigenvalue weighted by Crippen LogP contribution is 2.34. The van der Waals surface area contributed by atoms with Crippen LogP contribution in [0.1, 0.15) is 33.6 Å². The van der Waals surface area contributed by atoms with Crippen molar-refractivity contribution in [3.8, 4) is 0 Å². The lowest BCUT2D eigenvalue weighted by molar-refractivity contribution is -0.149. The van der Waals surface area contributed by atoms with Gasteiger partial charge in [-0.2, -0.15) is 0 Å². The summed E-state index contributed by atoms with van der Waals surface area (Å²) in [6.07, 6.45) is 2.08. The van der Waals surface area contributed by atoms with E-state index in [1.807, 2.05) is 20.8 Å². The van der Waals surface area contributed by atoms with E-state index in [0.29, 0.717) is 19.1 Å². The van der Waals surface area contributed by atoms with Gasteiger partial charge >= 0.3 is 0 Å². The number of hydrogen-bond donors (Lipinski definition) is 1. The lowest BCUT2D eigenvalue weighted by atomic mass is 10.0. The van der Waals surface area contributed by atoms with Gasteiger partial charge in [-0.1, -0.05) is 0 Å². The maximum Gasteiger partial charge on any atom is 0.246 e. The summed E-state index contributed by atoms with van der Waals surface area (Å²) >= 11 is 0. The van der Waals surface area contributed by atoms with E-state index in [1.54, 1.807) is 4.90 Å². The molecule has 18 heavy (non-hydrogen) atoms. The van der Waals surface area contributed by atoms with Gasteiger partial charge in [0.1, 0.15) is 6.04 Å². The van der Waals surface area contributed by atoms with Crippen LogP contribution in [0.5, 0.6) is 0 Å². The van der Waals surface area contributed by atoms with Crippen molar-refractivity contribution >= 4 is 11.8 Å². The maximum atomic E-state index is 12.3. The molecule has 1 heterocycles. The second kappa shape index (κ2) is 4.88. The van der Waals surface area contributed by atoms with Crippen LogP contribution in [-0.4, -0.2) is 48.1 Å². The first-order valence-corrected chi connectivity index (χ1v) is 6.65. The highest BCUT2D eigenvalue weighted by molar-refractivity contribution is 5.95. The van der Waals surface area contributed by atoms with Crippen molar-refractivity contribution in [1.82, 2.24) is 10.2 Å². The molecule has 102 valence electrons. The first-order chi connectivity index (χ1) is 8.43. The Morgan fingerprint density at radius 1 is 1.39 bits per heavy atom. The minimum Gasteiger partial charge on any atom is -0.374 e. The van der Waals surface area contributed by atoms with Gasteiger partial charge in [0.2, 0.25) is 11.8 Å². The number of rotatable bonds is 5. The molecule has 0 aromatic rings. The molecule has 1 saturated carbocycles. The van der Waals surface area contributed by atoms with Crippen molar-refractivity contribution in [1.29, 1.82) is 0 Å². The van der Waals surface area contributed by atoms with Crippen molar-refractivity contribution < 1.29 is 14.3 Å². The number of hydrogen-bond acceptors (Lipinski definition) is 3. The number of carbonyl (C=O) groups is 2. The molecular weight excluding hydrogens is 232 g/mol. The Kier molecular flexibility index (Phi) is 3.61. The lowest BCUT2D eigenvalue weighted by Crippen LogP contribution is -2.61. The molecule has 0 spiro atoms. The topological polar surface area (TPSA) is 58.6 Å². The van der Waals surface area contributed by atoms with Gasteiger partial charge in [-0.25, -0.2) is 0 Å². The predicted molar refractivity (Wildman–Crippen MR) is 66.9 cm³/mol. The predicted octanol–water partition coefficient (Wildman–Crippen LogP) is 0.538. The smallest absolute Gasteiger partial charge is 0.246 e. The van der Waals surface area contributed by atoms with Crippen LogP contribution in [-0.2, 0) is 14.3 Å². The molecule has 2 rings (SSSR count). The molecule has 0 aromatic carbocycles. The minimum atomic E-state index is -0.407. The molecule has 2 aliphatic rings. The van der Waals surface area contributed by atoms with Gasteiger partial charge in [0.25, 0.3) is 0 Å². The van der Waals surface area contributed by atoms with Gasteiger partial charge in [0.05, 0.1) is 12.1 Å². The van der Waals surface area contributed by atoms with Crippen LogP contribution in [0.2, 0.25) is 0 Å². The van der Waals surface area contributed by atoms with Crippen LogP contribution in [0.4, 0.5) is 0 Å². The molecule has 2 fully saturated rings. The van der Waals surface area contributed by atoms with E-state index in [2.05, 4.69) is 5.32 Å². The Labute approximate surface area is 108 Å². The highest BCUT2D eigenvalue weighted by atomic mass is 16.5. The molecule has 0 aromatic heterocycles. The van der Waals surface area contributed by atoms with Gasteiger partial charge in [0.15, 0.2) is 0 Å². The Morgan fingerprint density at radius 3 is 2.61 bits per heavy atom. The van der Waals surface area contributed by atoms with E-state index in [0.717, 1.165) is 12.8 Å². The first kappa shape index (κ1) is 13.3. The van der Waals surface area contributed by atoms with Crippen molar-refractivity contribution in [2.75, 3.05) is 19.7 Å². The fourth-order valence-electron chi connectivity index (χ4n) is 2.51. The second-order valence-corrected chi connectivity index (χ2v) is 5.77. The highest BCUT2D eigenvalue weighted by Gasteiger charge is 2.43. The molecule has 1 atom stereocenters. The number of ether oxygens (including phenoxy) is 1. The Balaban J connectivity index is 2.02. The zero-order valence-electron chi connectivity index (χ0n) is 11.4. The molecule has 1 saturated heterocycles. The summed E-state index contributed by atoms with van der Waals surface area (Å²) in [4.78, 5) is 25.6. The number of piperazine rings is 1. The summed E-state index contributed by atoms with van der Waals surface area (Å²) in [6.45, 7) is 7.05. The largest absolute Gasteiger partial charge is 0.374 e. The molecule has 1 aliphatic carbocycles. The van der Waals surface area contributed by atoms with Crippen LogP contribution in [0.15, 0.2) is 0 Å². The van der Waals surface area contributed by atoms with Crippen molar-refractivity contribution in [3.05, 3.63) is 0 Å². The monoisotopic (exact) mass is 254 g/mol. The summed E-state index contributed by atoms with van der Waals surface area (Å²) in [6, 6.07) is -0.302. The van der Waals surface area contributed by atoms with E-state index in [-0.39, 0.29) is 24.4 Å². The maximum absolute atomic E-state index is 12.3. The molecule has 5 heteroatoms. The summed E-state index contributed by atoms with van der Waals surface area (Å²) in [5.41, 5.74) is -0.407. The Bertz CT molecular complexity index is 350. The molecule has 1 aliphatic heterocycles. The Morgan fingerprint density at radius 2 is 2.06 bits per heavy atom. The SMILES string of the molecule is CCOC(C)(C)CN1CC(=O)NC(C2CC2)C1=O. The van der Waals surface area contributed by atoms with Crippen molar-refractivity contribution in [3.63, 3.8) is 0 Å². The number of amides is 2. The summed E-state index contributed by atoms with van der Waals surface area (Å²) < 4.78 is 5.60. The zero-order valence-corrected chi connectivity index (χ0v) is 11.4. The third-order valence-electron chi connectivity index (χ3n) is 3.43. The van der Waals surface area contributed by atoms with Crippen LogP contribution in [0.3, 0.4) is 0 Å². The molecule has 1 unspecified atom stereocenters. The fourth-order valence-corrected chi connectivity index (χ4v) is 2.51. The van der Waals surface area contributed by atoms with Crippen molar-refractivity contribution in [2.45, 2.75) is 45.3 Å². The molecule has 5 nitrogen and oxygen atoms in total. The van der Waals surface area contributed by atoms with Gasteiger partial charge in [0, 0.05) is 13.2 Å². The number of nitrogens with one attached hydrogen (secondary N) is 1. The summed E-state index contributed by atoms with van der Waals surface area (Å²) in [7, 11) is 0. The Hall–Kier alpha value is -1.10. The quantitative estimate of drug-likeness (QED) is 0.779. The third-order valence-corrected chi connectivity index (χ3v) is 3.43. The van der Waals surface area contributed by atoms with Crippen LogP contribution in [0.25, 0.3) is 0 Å². The lowest BCUT2D eigenvalue weighted by Gasteiger charge is -2.37. The number of nitrogens with zero attached hydrogens (tertiary/aromatic N) is 1. The van der Waals surface area contributed by atoms with E-state index >= 15 is 0 Å². The molecule has 2 amide bonds. The molecule has 0 bridgehead atoms. The fraction of sp³-hybridized carbons (Fsp3) is 0.846. The standard InChI is InChI=1S/C13H22N2O3/c1-4-18-13(2,3)8-15-7-10(16)14-11(12(15)17)9-5-6-9/h9,11H,4-8H2,1-3H3,(H,14,16). The average molecular weight is 254 g/mol. The van der Waals surface area contributed by atoms with Crippen LogP contribution in [0, 0.1) is 5.92 Å². The van der Waals surface area contributed by atoms with Gasteiger partial charge in [-0.15, -0.1) is 0 Å². The summed E-state index contributed by atoms with van der Waals surface area (Å²) in [5.74, 6) is 0.336. The van der Waals surface area contributed by atoms with E-state index in [4.69, 9.17) is 4.74 Å².